The number of hydrogen-bond donors (Lipinski definition) is 0. The first-order valence-electron chi connectivity index (χ1n) is 5.66. The molecule has 3 rings (SSSR count). The fraction of sp³-hybridized carbons (Fsp3) is 0.231. The summed E-state index contributed by atoms with van der Waals surface area (Å²) in [5.41, 5.74) is 0.845. The van der Waals surface area contributed by atoms with E-state index in [1.165, 1.54) is 11.3 Å². The summed E-state index contributed by atoms with van der Waals surface area (Å²) in [5, 5.41) is 1.41. The number of nitrogens with zero attached hydrogens (tertiary/aromatic N) is 2. The molecule has 18 heavy (non-hydrogen) atoms. The van der Waals surface area contributed by atoms with Gasteiger partial charge in [0.15, 0.2) is 5.13 Å². The highest BCUT2D eigenvalue weighted by Gasteiger charge is 2.30. The summed E-state index contributed by atoms with van der Waals surface area (Å²) in [5.74, 6) is 0.346. The Morgan fingerprint density at radius 2 is 2.39 bits per heavy atom. The van der Waals surface area contributed by atoms with Crippen molar-refractivity contribution < 1.29 is 4.79 Å². The first kappa shape index (κ1) is 11.7. The van der Waals surface area contributed by atoms with Gasteiger partial charge in [0.05, 0.1) is 10.2 Å². The van der Waals surface area contributed by atoms with E-state index in [1.807, 2.05) is 24.3 Å². The predicted octanol–water partition coefficient (Wildman–Crippen LogP) is 3.49. The lowest BCUT2D eigenvalue weighted by atomic mass is 10.1. The molecule has 1 aromatic carbocycles. The predicted molar refractivity (Wildman–Crippen MR) is 75.3 cm³/mol. The minimum atomic E-state index is 0.116. The summed E-state index contributed by atoms with van der Waals surface area (Å²) >= 11 is 7.45. The van der Waals surface area contributed by atoms with Gasteiger partial charge in [0, 0.05) is 23.9 Å². The number of thiazole rings is 1. The number of halogens is 1. The molecule has 0 saturated carbocycles. The number of rotatable bonds is 2. The van der Waals surface area contributed by atoms with E-state index in [2.05, 4.69) is 11.6 Å². The van der Waals surface area contributed by atoms with Crippen LogP contribution in [0.2, 0.25) is 5.02 Å². The lowest BCUT2D eigenvalue weighted by Gasteiger charge is -2.11. The highest BCUT2D eigenvalue weighted by Crippen LogP contribution is 2.33. The molecule has 2 aromatic rings. The van der Waals surface area contributed by atoms with Gasteiger partial charge in [-0.1, -0.05) is 29.0 Å². The summed E-state index contributed by atoms with van der Waals surface area (Å²) in [6.45, 7) is 4.42. The Bertz CT molecular complexity index is 637. The van der Waals surface area contributed by atoms with Crippen LogP contribution in [0.4, 0.5) is 5.13 Å². The molecule has 2 heterocycles. The van der Waals surface area contributed by atoms with Gasteiger partial charge in [-0.2, -0.15) is 0 Å². The molecule has 92 valence electrons. The Morgan fingerprint density at radius 1 is 1.56 bits per heavy atom. The van der Waals surface area contributed by atoms with E-state index in [-0.39, 0.29) is 11.8 Å². The Kier molecular flexibility index (Phi) is 2.84. The third kappa shape index (κ3) is 1.91. The molecular formula is C13H11ClN2OS. The molecule has 0 radical (unpaired) electrons. The average Bonchev–Trinajstić information content (AvgIpc) is 2.91. The lowest BCUT2D eigenvalue weighted by Crippen LogP contribution is -2.23. The zero-order chi connectivity index (χ0) is 12.7. The second-order valence-electron chi connectivity index (χ2n) is 4.31. The molecule has 1 fully saturated rings. The van der Waals surface area contributed by atoms with E-state index < -0.39 is 0 Å². The number of aromatic nitrogens is 1. The van der Waals surface area contributed by atoms with Gasteiger partial charge in [0.1, 0.15) is 0 Å². The Morgan fingerprint density at radius 3 is 3.11 bits per heavy atom. The lowest BCUT2D eigenvalue weighted by molar-refractivity contribution is -0.117. The van der Waals surface area contributed by atoms with Crippen LogP contribution in [-0.4, -0.2) is 17.4 Å². The van der Waals surface area contributed by atoms with Gasteiger partial charge in [-0.3, -0.25) is 9.69 Å². The van der Waals surface area contributed by atoms with E-state index in [0.717, 1.165) is 15.3 Å². The number of amides is 1. The van der Waals surface area contributed by atoms with E-state index >= 15 is 0 Å². The maximum absolute atomic E-state index is 11.9. The van der Waals surface area contributed by atoms with Crippen LogP contribution in [0.1, 0.15) is 6.42 Å². The summed E-state index contributed by atoms with van der Waals surface area (Å²) in [4.78, 5) is 18.1. The number of hydrogen-bond acceptors (Lipinski definition) is 3. The molecule has 1 saturated heterocycles. The number of benzene rings is 1. The van der Waals surface area contributed by atoms with Gasteiger partial charge in [-0.05, 0) is 18.2 Å². The third-order valence-corrected chi connectivity index (χ3v) is 4.35. The van der Waals surface area contributed by atoms with Crippen LogP contribution >= 0.6 is 22.9 Å². The number of carbonyl (C=O) groups excluding carboxylic acids is 1. The van der Waals surface area contributed by atoms with Gasteiger partial charge in [0.2, 0.25) is 5.91 Å². The van der Waals surface area contributed by atoms with Crippen molar-refractivity contribution in [3.63, 3.8) is 0 Å². The van der Waals surface area contributed by atoms with Crippen molar-refractivity contribution in [1.29, 1.82) is 0 Å². The Labute approximate surface area is 114 Å². The average molecular weight is 279 g/mol. The molecule has 0 N–H and O–H groups in total. The molecule has 1 atom stereocenters. The standard InChI is InChI=1S/C13H11ClN2OS/c1-2-8-5-12(17)16(7-8)13-15-10-6-9(14)3-4-11(10)18-13/h2-4,6,8H,1,5,7H2. The van der Waals surface area contributed by atoms with Crippen LogP contribution in [0.3, 0.4) is 0 Å². The molecule has 0 spiro atoms. The summed E-state index contributed by atoms with van der Waals surface area (Å²) in [6.07, 6.45) is 2.36. The van der Waals surface area contributed by atoms with Crippen molar-refractivity contribution in [2.24, 2.45) is 5.92 Å². The first-order chi connectivity index (χ1) is 8.67. The van der Waals surface area contributed by atoms with Crippen LogP contribution in [0, 0.1) is 5.92 Å². The second kappa shape index (κ2) is 4.37. The SMILES string of the molecule is C=CC1CC(=O)N(c2nc3cc(Cl)ccc3s2)C1. The maximum atomic E-state index is 11.9. The highest BCUT2D eigenvalue weighted by molar-refractivity contribution is 7.22. The smallest absolute Gasteiger partial charge is 0.229 e. The van der Waals surface area contributed by atoms with Gasteiger partial charge < -0.3 is 0 Å². The van der Waals surface area contributed by atoms with Crippen LogP contribution in [0.25, 0.3) is 10.2 Å². The molecular weight excluding hydrogens is 268 g/mol. The van der Waals surface area contributed by atoms with Gasteiger partial charge in [0.25, 0.3) is 0 Å². The number of carbonyl (C=O) groups is 1. The van der Waals surface area contributed by atoms with Crippen LogP contribution in [-0.2, 0) is 4.79 Å². The van der Waals surface area contributed by atoms with Gasteiger partial charge >= 0.3 is 0 Å². The van der Waals surface area contributed by atoms with Gasteiger partial charge in [-0.25, -0.2) is 4.98 Å². The zero-order valence-corrected chi connectivity index (χ0v) is 11.2. The van der Waals surface area contributed by atoms with Crippen molar-refractivity contribution in [3.8, 4) is 0 Å². The molecule has 1 aromatic heterocycles. The minimum absolute atomic E-state index is 0.116. The van der Waals surface area contributed by atoms with Crippen molar-refractivity contribution in [1.82, 2.24) is 4.98 Å². The highest BCUT2D eigenvalue weighted by atomic mass is 35.5. The largest absolute Gasteiger partial charge is 0.287 e. The van der Waals surface area contributed by atoms with E-state index in [0.29, 0.717) is 18.0 Å². The van der Waals surface area contributed by atoms with Crippen molar-refractivity contribution in [2.75, 3.05) is 11.4 Å². The minimum Gasteiger partial charge on any atom is -0.287 e. The molecule has 5 heteroatoms. The maximum Gasteiger partial charge on any atom is 0.229 e. The topological polar surface area (TPSA) is 33.2 Å². The van der Waals surface area contributed by atoms with Crippen molar-refractivity contribution in [3.05, 3.63) is 35.9 Å². The van der Waals surface area contributed by atoms with Crippen molar-refractivity contribution in [2.45, 2.75) is 6.42 Å². The van der Waals surface area contributed by atoms with E-state index in [4.69, 9.17) is 11.6 Å². The van der Waals surface area contributed by atoms with Crippen LogP contribution in [0.15, 0.2) is 30.9 Å². The molecule has 1 unspecified atom stereocenters. The monoisotopic (exact) mass is 278 g/mol. The van der Waals surface area contributed by atoms with E-state index in [1.54, 1.807) is 4.90 Å². The fourth-order valence-corrected chi connectivity index (χ4v) is 3.22. The molecule has 1 aliphatic heterocycles. The molecule has 3 nitrogen and oxygen atoms in total. The summed E-state index contributed by atoms with van der Waals surface area (Å²) < 4.78 is 1.05. The number of fused-ring (bicyclic) bond motifs is 1. The Balaban J connectivity index is 1.99. The molecule has 1 aliphatic rings. The first-order valence-corrected chi connectivity index (χ1v) is 6.86. The summed E-state index contributed by atoms with van der Waals surface area (Å²) in [6, 6.07) is 5.59. The Hall–Kier alpha value is -1.39. The van der Waals surface area contributed by atoms with E-state index in [9.17, 15) is 4.79 Å². The number of anilines is 1. The summed E-state index contributed by atoms with van der Waals surface area (Å²) in [7, 11) is 0. The fourth-order valence-electron chi connectivity index (χ4n) is 2.08. The second-order valence-corrected chi connectivity index (χ2v) is 5.76. The van der Waals surface area contributed by atoms with Crippen LogP contribution in [0.5, 0.6) is 0 Å². The zero-order valence-electron chi connectivity index (χ0n) is 9.60. The normalized spacial score (nSPS) is 19.7. The van der Waals surface area contributed by atoms with Crippen molar-refractivity contribution >= 4 is 44.2 Å². The third-order valence-electron chi connectivity index (χ3n) is 3.06. The quantitative estimate of drug-likeness (QED) is 0.788. The van der Waals surface area contributed by atoms with Gasteiger partial charge in [-0.15, -0.1) is 6.58 Å². The molecule has 0 bridgehead atoms. The molecule has 0 aliphatic carbocycles. The molecule has 1 amide bonds. The van der Waals surface area contributed by atoms with Crippen LogP contribution < -0.4 is 4.90 Å².